The fourth-order valence-electron chi connectivity index (χ4n) is 3.32. The Hall–Kier alpha value is -3.52. The number of rotatable bonds is 5. The zero-order chi connectivity index (χ0) is 22.2. The standard InChI is InChI=1S/C23H22N4O3S/c1-15(2)27-22-20(14-24-27)19(13-21(26-22)16-7-5-4-6-8-16)23(28)25-17-9-11-18(12-10-17)31(3,29)30/h4-15H,1-3H3,(H,25,28). The first kappa shape index (κ1) is 20.7. The molecule has 0 saturated carbocycles. The van der Waals surface area contributed by atoms with Gasteiger partial charge in [-0.15, -0.1) is 0 Å². The SMILES string of the molecule is CC(C)n1ncc2c(C(=O)Nc3ccc(S(C)(=O)=O)cc3)cc(-c3ccccc3)nc21. The number of amides is 1. The molecule has 0 bridgehead atoms. The lowest BCUT2D eigenvalue weighted by molar-refractivity contribution is 0.102. The van der Waals surface area contributed by atoms with E-state index < -0.39 is 9.84 Å². The first-order chi connectivity index (χ1) is 14.7. The number of sulfone groups is 1. The zero-order valence-electron chi connectivity index (χ0n) is 17.4. The largest absolute Gasteiger partial charge is 0.322 e. The minimum Gasteiger partial charge on any atom is -0.322 e. The number of nitrogens with zero attached hydrogens (tertiary/aromatic N) is 3. The van der Waals surface area contributed by atoms with E-state index in [-0.39, 0.29) is 16.8 Å². The average molecular weight is 435 g/mol. The minimum atomic E-state index is -3.30. The first-order valence-electron chi connectivity index (χ1n) is 9.79. The lowest BCUT2D eigenvalue weighted by Gasteiger charge is -2.11. The van der Waals surface area contributed by atoms with Crippen molar-refractivity contribution >= 4 is 32.5 Å². The van der Waals surface area contributed by atoms with Crippen molar-refractivity contribution in [3.05, 3.63) is 72.4 Å². The number of fused-ring (bicyclic) bond motifs is 1. The highest BCUT2D eigenvalue weighted by Gasteiger charge is 2.19. The molecule has 4 rings (SSSR count). The topological polar surface area (TPSA) is 94.0 Å². The van der Waals surface area contributed by atoms with Gasteiger partial charge in [-0.05, 0) is 44.2 Å². The molecule has 0 atom stereocenters. The summed E-state index contributed by atoms with van der Waals surface area (Å²) < 4.78 is 25.1. The fourth-order valence-corrected chi connectivity index (χ4v) is 3.95. The van der Waals surface area contributed by atoms with Crippen LogP contribution in [0.15, 0.2) is 71.8 Å². The van der Waals surface area contributed by atoms with Crippen LogP contribution in [0.25, 0.3) is 22.3 Å². The van der Waals surface area contributed by atoms with Gasteiger partial charge >= 0.3 is 0 Å². The van der Waals surface area contributed by atoms with Crippen LogP contribution in [0.3, 0.4) is 0 Å². The third-order valence-corrected chi connectivity index (χ3v) is 6.04. The molecule has 4 aromatic rings. The van der Waals surface area contributed by atoms with Crippen molar-refractivity contribution < 1.29 is 13.2 Å². The third-order valence-electron chi connectivity index (χ3n) is 4.91. The van der Waals surface area contributed by atoms with E-state index in [1.54, 1.807) is 29.1 Å². The molecule has 2 aromatic heterocycles. The van der Waals surface area contributed by atoms with Crippen molar-refractivity contribution in [2.75, 3.05) is 11.6 Å². The summed E-state index contributed by atoms with van der Waals surface area (Å²) in [6, 6.07) is 17.6. The van der Waals surface area contributed by atoms with Crippen LogP contribution >= 0.6 is 0 Å². The third kappa shape index (κ3) is 4.20. The Morgan fingerprint density at radius 3 is 2.32 bits per heavy atom. The molecule has 0 saturated heterocycles. The number of aromatic nitrogens is 3. The first-order valence-corrected chi connectivity index (χ1v) is 11.7. The maximum atomic E-state index is 13.2. The lowest BCUT2D eigenvalue weighted by Crippen LogP contribution is -2.13. The van der Waals surface area contributed by atoms with Crippen LogP contribution in [-0.4, -0.2) is 35.3 Å². The fraction of sp³-hybridized carbons (Fsp3) is 0.174. The Morgan fingerprint density at radius 1 is 1.03 bits per heavy atom. The molecule has 0 unspecified atom stereocenters. The van der Waals surface area contributed by atoms with E-state index in [4.69, 9.17) is 4.98 Å². The van der Waals surface area contributed by atoms with E-state index in [0.29, 0.717) is 28.0 Å². The van der Waals surface area contributed by atoms with E-state index in [2.05, 4.69) is 10.4 Å². The number of carbonyl (C=O) groups is 1. The van der Waals surface area contributed by atoms with Gasteiger partial charge in [0, 0.05) is 23.5 Å². The Labute approximate surface area is 180 Å². The summed E-state index contributed by atoms with van der Waals surface area (Å²) >= 11 is 0. The van der Waals surface area contributed by atoms with Crippen molar-refractivity contribution in [3.63, 3.8) is 0 Å². The monoisotopic (exact) mass is 434 g/mol. The predicted octanol–water partition coefficient (Wildman–Crippen LogP) is 4.34. The Morgan fingerprint density at radius 2 is 1.71 bits per heavy atom. The van der Waals surface area contributed by atoms with Crippen molar-refractivity contribution in [2.45, 2.75) is 24.8 Å². The molecule has 0 aliphatic rings. The van der Waals surface area contributed by atoms with Crippen molar-refractivity contribution in [2.24, 2.45) is 0 Å². The molecule has 0 radical (unpaired) electrons. The highest BCUT2D eigenvalue weighted by Crippen LogP contribution is 2.27. The smallest absolute Gasteiger partial charge is 0.256 e. The van der Waals surface area contributed by atoms with Gasteiger partial charge in [-0.2, -0.15) is 5.10 Å². The van der Waals surface area contributed by atoms with E-state index >= 15 is 0 Å². The molecule has 8 heteroatoms. The Balaban J connectivity index is 1.77. The molecule has 158 valence electrons. The molecule has 1 amide bonds. The summed E-state index contributed by atoms with van der Waals surface area (Å²) in [7, 11) is -3.30. The number of carbonyl (C=O) groups excluding carboxylic acids is 1. The van der Waals surface area contributed by atoms with Crippen molar-refractivity contribution in [1.29, 1.82) is 0 Å². The second kappa shape index (κ2) is 7.96. The molecule has 31 heavy (non-hydrogen) atoms. The van der Waals surface area contributed by atoms with Gasteiger partial charge in [-0.25, -0.2) is 18.1 Å². The number of pyridine rings is 1. The summed E-state index contributed by atoms with van der Waals surface area (Å²) in [5.41, 5.74) is 3.15. The molecule has 1 N–H and O–H groups in total. The quantitative estimate of drug-likeness (QED) is 0.504. The Bertz CT molecular complexity index is 1360. The van der Waals surface area contributed by atoms with Gasteiger partial charge in [0.1, 0.15) is 0 Å². The Kier molecular flexibility index (Phi) is 5.32. The summed E-state index contributed by atoms with van der Waals surface area (Å²) in [5.74, 6) is -0.319. The lowest BCUT2D eigenvalue weighted by atomic mass is 10.1. The number of benzene rings is 2. The minimum absolute atomic E-state index is 0.0791. The van der Waals surface area contributed by atoms with Crippen LogP contribution in [-0.2, 0) is 9.84 Å². The molecule has 0 aliphatic carbocycles. The van der Waals surface area contributed by atoms with Gasteiger partial charge in [-0.3, -0.25) is 4.79 Å². The summed E-state index contributed by atoms with van der Waals surface area (Å²) in [4.78, 5) is 18.1. The van der Waals surface area contributed by atoms with Crippen molar-refractivity contribution in [1.82, 2.24) is 14.8 Å². The van der Waals surface area contributed by atoms with Gasteiger partial charge in [0.15, 0.2) is 15.5 Å². The van der Waals surface area contributed by atoms with E-state index in [1.165, 1.54) is 12.1 Å². The summed E-state index contributed by atoms with van der Waals surface area (Å²) in [5, 5.41) is 7.92. The van der Waals surface area contributed by atoms with E-state index in [0.717, 1.165) is 11.8 Å². The molecule has 0 fully saturated rings. The van der Waals surface area contributed by atoms with Crippen molar-refractivity contribution in [3.8, 4) is 11.3 Å². The predicted molar refractivity (Wildman–Crippen MR) is 121 cm³/mol. The molecule has 2 aromatic carbocycles. The maximum Gasteiger partial charge on any atom is 0.256 e. The van der Waals surface area contributed by atoms with Crippen LogP contribution < -0.4 is 5.32 Å². The average Bonchev–Trinajstić information content (AvgIpc) is 3.17. The zero-order valence-corrected chi connectivity index (χ0v) is 18.2. The molecule has 2 heterocycles. The van der Waals surface area contributed by atoms with Gasteiger partial charge in [0.05, 0.1) is 27.7 Å². The second-order valence-electron chi connectivity index (χ2n) is 7.59. The molecule has 7 nitrogen and oxygen atoms in total. The summed E-state index contributed by atoms with van der Waals surface area (Å²) in [6.07, 6.45) is 2.80. The van der Waals surface area contributed by atoms with Crippen LogP contribution in [0.5, 0.6) is 0 Å². The van der Waals surface area contributed by atoms with Crippen LogP contribution in [0, 0.1) is 0 Å². The van der Waals surface area contributed by atoms with Gasteiger partial charge in [-0.1, -0.05) is 30.3 Å². The number of hydrogen-bond acceptors (Lipinski definition) is 5. The molecule has 0 spiro atoms. The molecular weight excluding hydrogens is 412 g/mol. The summed E-state index contributed by atoms with van der Waals surface area (Å²) in [6.45, 7) is 4.01. The normalized spacial score (nSPS) is 11.7. The second-order valence-corrected chi connectivity index (χ2v) is 9.61. The number of nitrogens with one attached hydrogen (secondary N) is 1. The highest BCUT2D eigenvalue weighted by atomic mass is 32.2. The van der Waals surface area contributed by atoms with E-state index in [1.807, 2.05) is 44.2 Å². The number of hydrogen-bond donors (Lipinski definition) is 1. The molecule has 0 aliphatic heterocycles. The van der Waals surface area contributed by atoms with Crippen LogP contribution in [0.2, 0.25) is 0 Å². The van der Waals surface area contributed by atoms with Gasteiger partial charge in [0.2, 0.25) is 0 Å². The number of anilines is 1. The van der Waals surface area contributed by atoms with Gasteiger partial charge in [0.25, 0.3) is 5.91 Å². The maximum absolute atomic E-state index is 13.2. The van der Waals surface area contributed by atoms with Crippen LogP contribution in [0.1, 0.15) is 30.2 Å². The van der Waals surface area contributed by atoms with Crippen LogP contribution in [0.4, 0.5) is 5.69 Å². The van der Waals surface area contributed by atoms with E-state index in [9.17, 15) is 13.2 Å². The molecular formula is C23H22N4O3S. The highest BCUT2D eigenvalue weighted by molar-refractivity contribution is 7.90. The van der Waals surface area contributed by atoms with Gasteiger partial charge < -0.3 is 5.32 Å².